The second-order valence-corrected chi connectivity index (χ2v) is 12.1. The van der Waals surface area contributed by atoms with Crippen LogP contribution in [0, 0.1) is 19.1 Å². The molecule has 3 heterocycles. The van der Waals surface area contributed by atoms with E-state index in [0.717, 1.165) is 72.4 Å². The smallest absolute Gasteiger partial charge is 0.143 e. The Morgan fingerprint density at radius 2 is 1.14 bits per heavy atom. The molecule has 0 aliphatic carbocycles. The van der Waals surface area contributed by atoms with Gasteiger partial charge in [-0.25, -0.2) is 0 Å². The molecule has 247 valence electrons. The molecule has 0 saturated heterocycles. The van der Waals surface area contributed by atoms with Crippen LogP contribution in [0.5, 0.6) is 0 Å². The van der Waals surface area contributed by atoms with Crippen molar-refractivity contribution >= 4 is 21.9 Å². The van der Waals surface area contributed by atoms with Gasteiger partial charge < -0.3 is 14.4 Å². The van der Waals surface area contributed by atoms with Gasteiger partial charge in [0.05, 0.1) is 0 Å². The first kappa shape index (κ1) is 33.6. The van der Waals surface area contributed by atoms with E-state index in [1.807, 2.05) is 92.0 Å². The molecule has 9 rings (SSSR count). The van der Waals surface area contributed by atoms with Crippen molar-refractivity contribution in [1.29, 1.82) is 0 Å². The summed E-state index contributed by atoms with van der Waals surface area (Å²) in [4.78, 5) is 8.90. The predicted molar refractivity (Wildman–Crippen MR) is 205 cm³/mol. The third-order valence-electron chi connectivity index (χ3n) is 8.72. The van der Waals surface area contributed by atoms with Crippen LogP contribution in [0.4, 0.5) is 0 Å². The molecule has 0 spiro atoms. The third kappa shape index (κ3) is 7.34. The summed E-state index contributed by atoms with van der Waals surface area (Å²) in [5, 5.41) is 2.29. The maximum absolute atomic E-state index is 6.30. The number of aromatic nitrogens is 2. The van der Waals surface area contributed by atoms with E-state index in [1.165, 1.54) is 11.1 Å². The van der Waals surface area contributed by atoms with Crippen LogP contribution in [-0.2, 0) is 20.1 Å². The molecule has 3 aromatic heterocycles. The SMILES string of the molecule is Cc1cccc(-c2[c-]cccc2)n1.[Ir].[c-]1ccc(-c2cccc(-c3cccc(-c4cccc5c4oc4ccccc45)c3)c2)cc1-c1ccccn1. The Hall–Kier alpha value is -5.93. The summed E-state index contributed by atoms with van der Waals surface area (Å²) in [7, 11) is 0. The molecular weight excluding hydrogens is 801 g/mol. The molecule has 0 aliphatic heterocycles. The second kappa shape index (κ2) is 15.3. The Morgan fingerprint density at radius 3 is 1.90 bits per heavy atom. The number of nitrogens with zero attached hydrogens (tertiary/aromatic N) is 2. The van der Waals surface area contributed by atoms with Gasteiger partial charge in [-0.05, 0) is 70.9 Å². The Morgan fingerprint density at radius 1 is 0.490 bits per heavy atom. The molecule has 3 nitrogen and oxygen atoms in total. The van der Waals surface area contributed by atoms with Gasteiger partial charge in [-0.3, -0.25) is 0 Å². The number of aryl methyl sites for hydroxylation is 1. The van der Waals surface area contributed by atoms with E-state index in [9.17, 15) is 0 Å². The second-order valence-electron chi connectivity index (χ2n) is 12.1. The van der Waals surface area contributed by atoms with Crippen molar-refractivity contribution in [3.05, 3.63) is 194 Å². The number of fused-ring (bicyclic) bond motifs is 3. The summed E-state index contributed by atoms with van der Waals surface area (Å²) >= 11 is 0. The number of rotatable bonds is 5. The largest absolute Gasteiger partial charge is 0.455 e. The van der Waals surface area contributed by atoms with Gasteiger partial charge in [0.15, 0.2) is 0 Å². The van der Waals surface area contributed by atoms with Gasteiger partial charge in [-0.1, -0.05) is 97.1 Å². The van der Waals surface area contributed by atoms with Crippen molar-refractivity contribution in [3.8, 4) is 55.9 Å². The Bertz CT molecular complexity index is 2560. The molecule has 0 saturated carbocycles. The van der Waals surface area contributed by atoms with E-state index in [0.29, 0.717) is 0 Å². The number of hydrogen-bond donors (Lipinski definition) is 0. The first-order chi connectivity index (χ1) is 24.7. The molecule has 0 N–H and O–H groups in total. The van der Waals surface area contributed by atoms with E-state index in [-0.39, 0.29) is 20.1 Å². The van der Waals surface area contributed by atoms with Gasteiger partial charge in [0.1, 0.15) is 11.2 Å². The molecule has 9 aromatic rings. The molecular formula is C47H32IrN2O-2. The number of para-hydroxylation sites is 2. The van der Waals surface area contributed by atoms with Crippen LogP contribution in [0.25, 0.3) is 77.8 Å². The van der Waals surface area contributed by atoms with Crippen LogP contribution >= 0.6 is 0 Å². The summed E-state index contributed by atoms with van der Waals surface area (Å²) in [6.07, 6.45) is 1.81. The minimum absolute atomic E-state index is 0. The number of hydrogen-bond acceptors (Lipinski definition) is 3. The summed E-state index contributed by atoms with van der Waals surface area (Å²) in [6, 6.07) is 64.5. The standard InChI is InChI=1S/C35H22NO.C12H10N.Ir/c1-2-19-34-31(15-1)32-17-8-16-30(35(32)37-34)28-13-6-11-26(22-28)24-9-5-10-25(21-24)27-12-7-14-29(23-27)33-18-3-4-20-36-33;1-10-6-5-9-12(13-10)11-7-3-2-4-8-11;/h1-13,15-23H;2-7,9H,1H3;/q2*-1;. The summed E-state index contributed by atoms with van der Waals surface area (Å²) in [5.41, 5.74) is 13.7. The molecule has 4 heteroatoms. The maximum atomic E-state index is 6.30. The van der Waals surface area contributed by atoms with Crippen LogP contribution in [0.2, 0.25) is 0 Å². The quantitative estimate of drug-likeness (QED) is 0.162. The van der Waals surface area contributed by atoms with E-state index >= 15 is 0 Å². The van der Waals surface area contributed by atoms with Crippen LogP contribution < -0.4 is 0 Å². The molecule has 0 fully saturated rings. The monoisotopic (exact) mass is 833 g/mol. The van der Waals surface area contributed by atoms with Gasteiger partial charge >= 0.3 is 0 Å². The van der Waals surface area contributed by atoms with Crippen molar-refractivity contribution in [2.45, 2.75) is 6.92 Å². The predicted octanol–water partition coefficient (Wildman–Crippen LogP) is 12.3. The zero-order valence-corrected chi connectivity index (χ0v) is 30.3. The third-order valence-corrected chi connectivity index (χ3v) is 8.72. The minimum atomic E-state index is 0. The minimum Gasteiger partial charge on any atom is -0.455 e. The van der Waals surface area contributed by atoms with Crippen molar-refractivity contribution in [1.82, 2.24) is 9.97 Å². The average molecular weight is 833 g/mol. The molecule has 1 radical (unpaired) electrons. The first-order valence-electron chi connectivity index (χ1n) is 16.6. The summed E-state index contributed by atoms with van der Waals surface area (Å²) in [5.74, 6) is 0. The molecule has 6 aromatic carbocycles. The fourth-order valence-corrected chi connectivity index (χ4v) is 6.28. The topological polar surface area (TPSA) is 38.9 Å². The summed E-state index contributed by atoms with van der Waals surface area (Å²) in [6.45, 7) is 1.99. The first-order valence-corrected chi connectivity index (χ1v) is 16.6. The fourth-order valence-electron chi connectivity index (χ4n) is 6.28. The fraction of sp³-hybridized carbons (Fsp3) is 0.0213. The number of pyridine rings is 2. The van der Waals surface area contributed by atoms with E-state index in [2.05, 4.69) is 113 Å². The van der Waals surface area contributed by atoms with Crippen molar-refractivity contribution in [2.75, 3.05) is 0 Å². The Balaban J connectivity index is 0.000000245. The number of benzene rings is 6. The Kier molecular flexibility index (Phi) is 10.1. The van der Waals surface area contributed by atoms with Crippen molar-refractivity contribution in [2.24, 2.45) is 0 Å². The Labute approximate surface area is 311 Å². The van der Waals surface area contributed by atoms with Crippen molar-refractivity contribution < 1.29 is 24.5 Å². The van der Waals surface area contributed by atoms with Crippen LogP contribution in [0.15, 0.2) is 180 Å². The van der Waals surface area contributed by atoms with Gasteiger partial charge in [0.25, 0.3) is 0 Å². The molecule has 0 aliphatic rings. The van der Waals surface area contributed by atoms with Gasteiger partial charge in [-0.2, -0.15) is 0 Å². The van der Waals surface area contributed by atoms with Crippen LogP contribution in [0.1, 0.15) is 5.69 Å². The van der Waals surface area contributed by atoms with Crippen LogP contribution in [0.3, 0.4) is 0 Å². The molecule has 0 unspecified atom stereocenters. The van der Waals surface area contributed by atoms with Gasteiger partial charge in [-0.15, -0.1) is 71.3 Å². The van der Waals surface area contributed by atoms with Crippen LogP contribution in [-0.4, -0.2) is 9.97 Å². The van der Waals surface area contributed by atoms with Crippen molar-refractivity contribution in [3.63, 3.8) is 0 Å². The van der Waals surface area contributed by atoms with E-state index < -0.39 is 0 Å². The molecule has 0 atom stereocenters. The van der Waals surface area contributed by atoms with E-state index in [4.69, 9.17) is 4.42 Å². The normalized spacial score (nSPS) is 10.7. The molecule has 0 bridgehead atoms. The van der Waals surface area contributed by atoms with Gasteiger partial charge in [0.2, 0.25) is 0 Å². The molecule has 51 heavy (non-hydrogen) atoms. The maximum Gasteiger partial charge on any atom is 0.143 e. The number of furan rings is 1. The molecule has 0 amide bonds. The van der Waals surface area contributed by atoms with E-state index in [1.54, 1.807) is 0 Å². The van der Waals surface area contributed by atoms with Gasteiger partial charge in [0, 0.05) is 48.3 Å². The zero-order chi connectivity index (χ0) is 33.7. The summed E-state index contributed by atoms with van der Waals surface area (Å²) < 4.78 is 6.30. The zero-order valence-electron chi connectivity index (χ0n) is 27.9. The average Bonchev–Trinajstić information content (AvgIpc) is 3.58.